The van der Waals surface area contributed by atoms with E-state index in [9.17, 15) is 13.2 Å². The molecule has 1 fully saturated rings. The van der Waals surface area contributed by atoms with Crippen LogP contribution in [0.1, 0.15) is 38.7 Å². The smallest absolute Gasteiger partial charge is 0.233 e. The molecule has 0 saturated carbocycles. The Kier molecular flexibility index (Phi) is 7.46. The minimum Gasteiger partial charge on any atom is -0.354 e. The van der Waals surface area contributed by atoms with E-state index in [2.05, 4.69) is 21.9 Å². The van der Waals surface area contributed by atoms with Gasteiger partial charge in [0.2, 0.25) is 15.9 Å². The summed E-state index contributed by atoms with van der Waals surface area (Å²) < 4.78 is 27.1. The van der Waals surface area contributed by atoms with Crippen LogP contribution in [0.15, 0.2) is 24.3 Å². The minimum absolute atomic E-state index is 0.219. The lowest BCUT2D eigenvalue weighted by Crippen LogP contribution is -2.46. The normalized spacial score (nSPS) is 18.1. The van der Waals surface area contributed by atoms with Gasteiger partial charge in [0.05, 0.1) is 11.7 Å². The number of nitrogens with one attached hydrogen (secondary N) is 2. The molecule has 1 aliphatic rings. The number of hydrogen-bond donors (Lipinski definition) is 2. The zero-order valence-electron chi connectivity index (χ0n) is 16.0. The Labute approximate surface area is 157 Å². The lowest BCUT2D eigenvalue weighted by molar-refractivity contribution is -0.124. The van der Waals surface area contributed by atoms with E-state index in [-0.39, 0.29) is 17.7 Å². The van der Waals surface area contributed by atoms with Crippen molar-refractivity contribution in [2.75, 3.05) is 30.1 Å². The van der Waals surface area contributed by atoms with Crippen LogP contribution in [0.5, 0.6) is 0 Å². The first-order valence-corrected chi connectivity index (χ1v) is 11.0. The van der Waals surface area contributed by atoms with Gasteiger partial charge < -0.3 is 5.32 Å². The van der Waals surface area contributed by atoms with Gasteiger partial charge in [-0.05, 0) is 51.9 Å². The molecule has 2 unspecified atom stereocenters. The fraction of sp³-hybridized carbons (Fsp3) is 0.632. The maximum Gasteiger partial charge on any atom is 0.233 e. The van der Waals surface area contributed by atoms with E-state index in [1.165, 1.54) is 19.3 Å². The molecule has 7 heteroatoms. The fourth-order valence-corrected chi connectivity index (χ4v) is 4.55. The van der Waals surface area contributed by atoms with Crippen molar-refractivity contribution < 1.29 is 13.2 Å². The molecule has 1 amide bonds. The van der Waals surface area contributed by atoms with Crippen LogP contribution in [0.25, 0.3) is 0 Å². The van der Waals surface area contributed by atoms with Crippen LogP contribution in [-0.4, -0.2) is 50.7 Å². The second-order valence-corrected chi connectivity index (χ2v) is 9.11. The Bertz CT molecular complexity index is 682. The monoisotopic (exact) mass is 381 g/mol. The average Bonchev–Trinajstić information content (AvgIpc) is 2.61. The van der Waals surface area contributed by atoms with Gasteiger partial charge in [-0.1, -0.05) is 31.0 Å². The molecule has 2 rings (SSSR count). The number of carbonyl (C=O) groups excluding carboxylic acids is 1. The van der Waals surface area contributed by atoms with Crippen LogP contribution < -0.4 is 10.0 Å². The van der Waals surface area contributed by atoms with Crippen molar-refractivity contribution in [3.05, 3.63) is 29.8 Å². The Balaban J connectivity index is 1.80. The third-order valence-corrected chi connectivity index (χ3v) is 6.31. The van der Waals surface area contributed by atoms with E-state index in [1.807, 2.05) is 19.1 Å². The lowest BCUT2D eigenvalue weighted by Gasteiger charge is -2.32. The largest absolute Gasteiger partial charge is 0.354 e. The van der Waals surface area contributed by atoms with Gasteiger partial charge in [-0.3, -0.25) is 14.4 Å². The van der Waals surface area contributed by atoms with Gasteiger partial charge in [0.15, 0.2) is 0 Å². The number of piperidine rings is 1. The zero-order valence-corrected chi connectivity index (χ0v) is 16.8. The predicted octanol–water partition coefficient (Wildman–Crippen LogP) is 2.36. The minimum atomic E-state index is -3.57. The van der Waals surface area contributed by atoms with Gasteiger partial charge in [-0.15, -0.1) is 0 Å². The number of likely N-dealkylation sites (tertiary alicyclic amines) is 1. The maximum atomic E-state index is 12.3. The number of aryl methyl sites for hydroxylation is 1. The number of carbonyl (C=O) groups is 1. The van der Waals surface area contributed by atoms with Crippen LogP contribution in [0.3, 0.4) is 0 Å². The molecule has 1 aliphatic heterocycles. The molecule has 1 aromatic carbocycles. The summed E-state index contributed by atoms with van der Waals surface area (Å²) in [5.74, 6) is -1.06. The highest BCUT2D eigenvalue weighted by atomic mass is 32.2. The summed E-state index contributed by atoms with van der Waals surface area (Å²) in [5, 5.41) is 2.90. The average molecular weight is 382 g/mol. The van der Waals surface area contributed by atoms with Gasteiger partial charge in [0.1, 0.15) is 0 Å². The standard InChI is InChI=1S/C19H31N3O3S/c1-15-7-9-18(10-8-15)21-26(24,25)14-16(2)19(23)20-13-17(3)22-11-5-4-6-12-22/h7-10,16-17,21H,4-6,11-14H2,1-3H3,(H,20,23). The molecule has 2 N–H and O–H groups in total. The van der Waals surface area contributed by atoms with Crippen molar-refractivity contribution in [1.82, 2.24) is 10.2 Å². The SMILES string of the molecule is Cc1ccc(NS(=O)(=O)CC(C)C(=O)NCC(C)N2CCCCC2)cc1. The first-order valence-electron chi connectivity index (χ1n) is 9.36. The predicted molar refractivity (Wildman–Crippen MR) is 106 cm³/mol. The van der Waals surface area contributed by atoms with Gasteiger partial charge >= 0.3 is 0 Å². The summed E-state index contributed by atoms with van der Waals surface area (Å²) in [6, 6.07) is 7.40. The highest BCUT2D eigenvalue weighted by molar-refractivity contribution is 7.92. The lowest BCUT2D eigenvalue weighted by atomic mass is 10.1. The summed E-state index contributed by atoms with van der Waals surface area (Å²) in [4.78, 5) is 14.7. The molecular weight excluding hydrogens is 350 g/mol. The van der Waals surface area contributed by atoms with Crippen molar-refractivity contribution in [2.45, 2.75) is 46.1 Å². The molecular formula is C19H31N3O3S. The van der Waals surface area contributed by atoms with E-state index in [0.29, 0.717) is 12.2 Å². The quantitative estimate of drug-likeness (QED) is 0.725. The Morgan fingerprint density at radius 1 is 1.12 bits per heavy atom. The molecule has 146 valence electrons. The van der Waals surface area contributed by atoms with Crippen LogP contribution in [0, 0.1) is 12.8 Å². The van der Waals surface area contributed by atoms with Gasteiger partial charge in [-0.25, -0.2) is 8.42 Å². The summed E-state index contributed by atoms with van der Waals surface area (Å²) in [5.41, 5.74) is 1.57. The van der Waals surface area contributed by atoms with Gasteiger partial charge in [0, 0.05) is 18.3 Å². The third-order valence-electron chi connectivity index (χ3n) is 4.83. The molecule has 1 aromatic rings. The number of hydrogen-bond acceptors (Lipinski definition) is 4. The van der Waals surface area contributed by atoms with Crippen molar-refractivity contribution in [2.24, 2.45) is 5.92 Å². The van der Waals surface area contributed by atoms with Crippen LogP contribution >= 0.6 is 0 Å². The van der Waals surface area contributed by atoms with Crippen LogP contribution in [0.2, 0.25) is 0 Å². The molecule has 0 spiro atoms. The Hall–Kier alpha value is -1.60. The highest BCUT2D eigenvalue weighted by Crippen LogP contribution is 2.13. The molecule has 0 aliphatic carbocycles. The van der Waals surface area contributed by atoms with E-state index >= 15 is 0 Å². The topological polar surface area (TPSA) is 78.5 Å². The first-order chi connectivity index (χ1) is 12.3. The molecule has 26 heavy (non-hydrogen) atoms. The second kappa shape index (κ2) is 9.37. The molecule has 0 aromatic heterocycles. The van der Waals surface area contributed by atoms with E-state index < -0.39 is 15.9 Å². The first kappa shape index (κ1) is 20.7. The van der Waals surface area contributed by atoms with Crippen LogP contribution in [0.4, 0.5) is 5.69 Å². The van der Waals surface area contributed by atoms with Crippen LogP contribution in [-0.2, 0) is 14.8 Å². The fourth-order valence-electron chi connectivity index (χ4n) is 3.16. The molecule has 2 atom stereocenters. The van der Waals surface area contributed by atoms with Crippen molar-refractivity contribution in [3.63, 3.8) is 0 Å². The number of anilines is 1. The van der Waals surface area contributed by atoms with E-state index in [0.717, 1.165) is 18.7 Å². The summed E-state index contributed by atoms with van der Waals surface area (Å²) in [7, 11) is -3.57. The third kappa shape index (κ3) is 6.61. The van der Waals surface area contributed by atoms with Crippen molar-refractivity contribution in [3.8, 4) is 0 Å². The van der Waals surface area contributed by atoms with Crippen molar-refractivity contribution in [1.29, 1.82) is 0 Å². The number of sulfonamides is 1. The molecule has 1 heterocycles. The maximum absolute atomic E-state index is 12.3. The van der Waals surface area contributed by atoms with E-state index in [1.54, 1.807) is 19.1 Å². The molecule has 6 nitrogen and oxygen atoms in total. The molecule has 0 bridgehead atoms. The molecule has 0 radical (unpaired) electrons. The van der Waals surface area contributed by atoms with Crippen molar-refractivity contribution >= 4 is 21.6 Å². The number of benzene rings is 1. The molecule has 1 saturated heterocycles. The van der Waals surface area contributed by atoms with Gasteiger partial charge in [-0.2, -0.15) is 0 Å². The number of rotatable bonds is 8. The van der Waals surface area contributed by atoms with E-state index in [4.69, 9.17) is 0 Å². The number of nitrogens with zero attached hydrogens (tertiary/aromatic N) is 1. The highest BCUT2D eigenvalue weighted by Gasteiger charge is 2.23. The Morgan fingerprint density at radius 2 is 1.73 bits per heavy atom. The Morgan fingerprint density at radius 3 is 2.35 bits per heavy atom. The summed E-state index contributed by atoms with van der Waals surface area (Å²) in [6.45, 7) is 8.38. The summed E-state index contributed by atoms with van der Waals surface area (Å²) in [6.07, 6.45) is 3.69. The summed E-state index contributed by atoms with van der Waals surface area (Å²) >= 11 is 0. The van der Waals surface area contributed by atoms with Gasteiger partial charge in [0.25, 0.3) is 0 Å². The number of amides is 1. The second-order valence-electron chi connectivity index (χ2n) is 7.34. The zero-order chi connectivity index (χ0) is 19.2.